The van der Waals surface area contributed by atoms with E-state index in [2.05, 4.69) is 10.6 Å². The van der Waals surface area contributed by atoms with Crippen LogP contribution in [0.2, 0.25) is 0 Å². The minimum Gasteiger partial charge on any atom is -0.497 e. The molecule has 0 saturated carbocycles. The molecule has 0 unspecified atom stereocenters. The van der Waals surface area contributed by atoms with Crippen LogP contribution in [-0.4, -0.2) is 31.0 Å². The van der Waals surface area contributed by atoms with Gasteiger partial charge in [-0.25, -0.2) is 4.79 Å². The van der Waals surface area contributed by atoms with E-state index >= 15 is 0 Å². The first-order valence-corrected chi connectivity index (χ1v) is 8.38. The van der Waals surface area contributed by atoms with Crippen LogP contribution in [0.5, 0.6) is 5.75 Å². The number of ether oxygens (including phenoxy) is 2. The predicted octanol–water partition coefficient (Wildman–Crippen LogP) is 2.52. The fourth-order valence-corrected chi connectivity index (χ4v) is 2.29. The Morgan fingerprint density at radius 2 is 1.78 bits per heavy atom. The van der Waals surface area contributed by atoms with Gasteiger partial charge in [-0.1, -0.05) is 18.2 Å². The predicted molar refractivity (Wildman–Crippen MR) is 100 cm³/mol. The molecule has 0 aliphatic carbocycles. The number of esters is 1. The summed E-state index contributed by atoms with van der Waals surface area (Å²) >= 11 is 0. The van der Waals surface area contributed by atoms with Crippen LogP contribution in [0, 0.1) is 0 Å². The monoisotopic (exact) mass is 370 g/mol. The van der Waals surface area contributed by atoms with Gasteiger partial charge < -0.3 is 20.1 Å². The quantitative estimate of drug-likeness (QED) is 0.731. The molecule has 142 valence electrons. The van der Waals surface area contributed by atoms with Crippen LogP contribution in [0.1, 0.15) is 29.8 Å². The number of anilines is 1. The van der Waals surface area contributed by atoms with Crippen molar-refractivity contribution < 1.29 is 23.9 Å². The van der Waals surface area contributed by atoms with Gasteiger partial charge in [0, 0.05) is 19.2 Å². The van der Waals surface area contributed by atoms with E-state index in [0.29, 0.717) is 12.2 Å². The van der Waals surface area contributed by atoms with Gasteiger partial charge in [-0.05, 0) is 42.8 Å². The van der Waals surface area contributed by atoms with Crippen LogP contribution in [0.25, 0.3) is 0 Å². The lowest BCUT2D eigenvalue weighted by molar-refractivity contribution is -0.129. The zero-order valence-electron chi connectivity index (χ0n) is 15.4. The highest BCUT2D eigenvalue weighted by Crippen LogP contribution is 2.13. The van der Waals surface area contributed by atoms with E-state index in [9.17, 15) is 14.4 Å². The average Bonchev–Trinajstić information content (AvgIpc) is 2.66. The van der Waals surface area contributed by atoms with Gasteiger partial charge in [0.1, 0.15) is 5.75 Å². The second-order valence-electron chi connectivity index (χ2n) is 5.88. The van der Waals surface area contributed by atoms with Crippen molar-refractivity contribution in [2.24, 2.45) is 0 Å². The molecular formula is C20H22N2O5. The number of nitrogens with one attached hydrogen (secondary N) is 2. The van der Waals surface area contributed by atoms with E-state index < -0.39 is 18.0 Å². The van der Waals surface area contributed by atoms with Gasteiger partial charge in [-0.15, -0.1) is 0 Å². The standard InChI is InChI=1S/C20H22N2O5/c1-13(19(24)21-12-15-7-9-18(26-3)10-8-15)27-20(25)16-5-4-6-17(11-16)22-14(2)23/h4-11,13H,12H2,1-3H3,(H,21,24)(H,22,23)/t13-/m1/s1. The maximum Gasteiger partial charge on any atom is 0.338 e. The number of methoxy groups -OCH3 is 1. The van der Waals surface area contributed by atoms with Crippen molar-refractivity contribution in [2.45, 2.75) is 26.5 Å². The number of carbonyl (C=O) groups is 3. The van der Waals surface area contributed by atoms with Crippen LogP contribution in [-0.2, 0) is 20.9 Å². The number of rotatable bonds is 7. The molecule has 0 heterocycles. The van der Waals surface area contributed by atoms with Crippen molar-refractivity contribution in [2.75, 3.05) is 12.4 Å². The molecular weight excluding hydrogens is 348 g/mol. The summed E-state index contributed by atoms with van der Waals surface area (Å²) in [5, 5.41) is 5.30. The van der Waals surface area contributed by atoms with Gasteiger partial charge >= 0.3 is 5.97 Å². The van der Waals surface area contributed by atoms with Gasteiger partial charge in [-0.3, -0.25) is 9.59 Å². The molecule has 0 spiro atoms. The number of amides is 2. The summed E-state index contributed by atoms with van der Waals surface area (Å²) in [4.78, 5) is 35.5. The van der Waals surface area contributed by atoms with Crippen LogP contribution in [0.15, 0.2) is 48.5 Å². The molecule has 2 rings (SSSR count). The lowest BCUT2D eigenvalue weighted by Crippen LogP contribution is -2.35. The number of carbonyl (C=O) groups excluding carboxylic acids is 3. The van der Waals surface area contributed by atoms with Crippen LogP contribution < -0.4 is 15.4 Å². The Balaban J connectivity index is 1.89. The van der Waals surface area contributed by atoms with Crippen molar-refractivity contribution in [3.8, 4) is 5.75 Å². The van der Waals surface area contributed by atoms with Crippen molar-refractivity contribution in [3.05, 3.63) is 59.7 Å². The average molecular weight is 370 g/mol. The highest BCUT2D eigenvalue weighted by Gasteiger charge is 2.19. The zero-order chi connectivity index (χ0) is 19.8. The summed E-state index contributed by atoms with van der Waals surface area (Å²) < 4.78 is 10.3. The molecule has 0 radical (unpaired) electrons. The normalized spacial score (nSPS) is 11.2. The smallest absolute Gasteiger partial charge is 0.338 e. The second kappa shape index (κ2) is 9.38. The Hall–Kier alpha value is -3.35. The Labute approximate surface area is 157 Å². The molecule has 0 fully saturated rings. The second-order valence-corrected chi connectivity index (χ2v) is 5.88. The molecule has 7 nitrogen and oxygen atoms in total. The Bertz CT molecular complexity index is 817. The molecule has 0 aromatic heterocycles. The SMILES string of the molecule is COc1ccc(CNC(=O)[C@@H](C)OC(=O)c2cccc(NC(C)=O)c2)cc1. The maximum absolute atomic E-state index is 12.2. The van der Waals surface area contributed by atoms with Crippen molar-refractivity contribution in [1.29, 1.82) is 0 Å². The van der Waals surface area contributed by atoms with E-state index in [-0.39, 0.29) is 11.5 Å². The molecule has 2 N–H and O–H groups in total. The summed E-state index contributed by atoms with van der Waals surface area (Å²) in [6.07, 6.45) is -0.958. The maximum atomic E-state index is 12.2. The van der Waals surface area contributed by atoms with Crippen molar-refractivity contribution >= 4 is 23.5 Å². The van der Waals surface area contributed by atoms with E-state index in [1.165, 1.54) is 19.9 Å². The molecule has 2 aromatic rings. The highest BCUT2D eigenvalue weighted by atomic mass is 16.5. The molecule has 7 heteroatoms. The topological polar surface area (TPSA) is 93.7 Å². The molecule has 0 bridgehead atoms. The third-order valence-electron chi connectivity index (χ3n) is 3.70. The van der Waals surface area contributed by atoms with E-state index in [1.54, 1.807) is 37.4 Å². The number of hydrogen-bond acceptors (Lipinski definition) is 5. The van der Waals surface area contributed by atoms with Crippen molar-refractivity contribution in [1.82, 2.24) is 5.32 Å². The summed E-state index contributed by atoms with van der Waals surface area (Å²) in [5.41, 5.74) is 1.62. The molecule has 2 aromatic carbocycles. The first kappa shape index (κ1) is 20.0. The van der Waals surface area contributed by atoms with Crippen LogP contribution in [0.3, 0.4) is 0 Å². The van der Waals surface area contributed by atoms with E-state index in [0.717, 1.165) is 11.3 Å². The van der Waals surface area contributed by atoms with Crippen molar-refractivity contribution in [3.63, 3.8) is 0 Å². The number of benzene rings is 2. The Morgan fingerprint density at radius 3 is 2.41 bits per heavy atom. The lowest BCUT2D eigenvalue weighted by Gasteiger charge is -2.14. The minimum absolute atomic E-state index is 0.244. The third-order valence-corrected chi connectivity index (χ3v) is 3.70. The molecule has 1 atom stereocenters. The third kappa shape index (κ3) is 6.14. The number of hydrogen-bond donors (Lipinski definition) is 2. The molecule has 27 heavy (non-hydrogen) atoms. The molecule has 0 saturated heterocycles. The summed E-state index contributed by atoms with van der Waals surface area (Å²) in [5.74, 6) is -0.563. The molecule has 0 aliphatic heterocycles. The van der Waals surface area contributed by atoms with E-state index in [1.807, 2.05) is 12.1 Å². The Morgan fingerprint density at radius 1 is 1.07 bits per heavy atom. The summed E-state index contributed by atoms with van der Waals surface area (Å²) in [7, 11) is 1.58. The first-order valence-electron chi connectivity index (χ1n) is 8.38. The summed E-state index contributed by atoms with van der Waals surface area (Å²) in [6, 6.07) is 13.6. The van der Waals surface area contributed by atoms with Gasteiger partial charge in [0.25, 0.3) is 5.91 Å². The van der Waals surface area contributed by atoms with Gasteiger partial charge in [0.15, 0.2) is 6.10 Å². The Kier molecular flexibility index (Phi) is 6.93. The summed E-state index contributed by atoms with van der Waals surface area (Å²) in [6.45, 7) is 3.18. The lowest BCUT2D eigenvalue weighted by atomic mass is 10.2. The van der Waals surface area contributed by atoms with Gasteiger partial charge in [0.05, 0.1) is 12.7 Å². The largest absolute Gasteiger partial charge is 0.497 e. The van der Waals surface area contributed by atoms with Gasteiger partial charge in [0.2, 0.25) is 5.91 Å². The van der Waals surface area contributed by atoms with Crippen LogP contribution >= 0.6 is 0 Å². The molecule has 2 amide bonds. The minimum atomic E-state index is -0.958. The zero-order valence-corrected chi connectivity index (χ0v) is 15.4. The fraction of sp³-hybridized carbons (Fsp3) is 0.250. The fourth-order valence-electron chi connectivity index (χ4n) is 2.29. The van der Waals surface area contributed by atoms with Gasteiger partial charge in [-0.2, -0.15) is 0 Å². The highest BCUT2D eigenvalue weighted by molar-refractivity contribution is 5.95. The van der Waals surface area contributed by atoms with Crippen LogP contribution in [0.4, 0.5) is 5.69 Å². The molecule has 0 aliphatic rings. The van der Waals surface area contributed by atoms with E-state index in [4.69, 9.17) is 9.47 Å². The first-order chi connectivity index (χ1) is 12.9.